The molecule has 0 radical (unpaired) electrons. The van der Waals surface area contributed by atoms with Gasteiger partial charge in [0.15, 0.2) is 0 Å². The molecule has 0 saturated heterocycles. The molecule has 0 bridgehead atoms. The fourth-order valence-electron chi connectivity index (χ4n) is 1.90. The van der Waals surface area contributed by atoms with Crippen LogP contribution in [0.2, 0.25) is 0 Å². The van der Waals surface area contributed by atoms with E-state index in [1.807, 2.05) is 26.8 Å². The van der Waals surface area contributed by atoms with Gasteiger partial charge in [-0.2, -0.15) is 0 Å². The third kappa shape index (κ3) is 2.15. The van der Waals surface area contributed by atoms with E-state index in [9.17, 15) is 8.42 Å². The molecule has 1 aromatic carbocycles. The molecule has 17 heavy (non-hydrogen) atoms. The topological polar surface area (TPSA) is 46.2 Å². The van der Waals surface area contributed by atoms with Crippen molar-refractivity contribution in [2.75, 3.05) is 6.54 Å². The summed E-state index contributed by atoms with van der Waals surface area (Å²) in [4.78, 5) is 0.911. The largest absolute Gasteiger partial charge is 0.310 e. The van der Waals surface area contributed by atoms with Crippen LogP contribution < -0.4 is 5.32 Å². The highest BCUT2D eigenvalue weighted by molar-refractivity contribution is 7.95. The zero-order valence-corrected chi connectivity index (χ0v) is 11.1. The lowest BCUT2D eigenvalue weighted by Gasteiger charge is -2.08. The molecular weight excluding hydrogens is 234 g/mol. The lowest BCUT2D eigenvalue weighted by atomic mass is 10.1. The Hall–Kier alpha value is -1.13. The first-order chi connectivity index (χ1) is 7.93. The first-order valence-corrected chi connectivity index (χ1v) is 7.20. The molecule has 0 fully saturated rings. The minimum atomic E-state index is -3.27. The zero-order valence-electron chi connectivity index (χ0n) is 10.3. The number of nitrogens with one attached hydrogen (secondary N) is 1. The van der Waals surface area contributed by atoms with Gasteiger partial charge >= 0.3 is 0 Å². The van der Waals surface area contributed by atoms with Crippen molar-refractivity contribution in [3.63, 3.8) is 0 Å². The van der Waals surface area contributed by atoms with Crippen molar-refractivity contribution in [2.45, 2.75) is 31.7 Å². The normalized spacial score (nSPS) is 17.1. The second kappa shape index (κ2) is 4.27. The summed E-state index contributed by atoms with van der Waals surface area (Å²) in [5.74, 6) is 0. The summed E-state index contributed by atoms with van der Waals surface area (Å²) in [7, 11) is -3.27. The summed E-state index contributed by atoms with van der Waals surface area (Å²) in [6.45, 7) is 6.33. The van der Waals surface area contributed by atoms with E-state index in [1.165, 1.54) is 0 Å². The maximum atomic E-state index is 12.2. The molecule has 1 N–H and O–H groups in total. The summed E-state index contributed by atoms with van der Waals surface area (Å²) >= 11 is 0. The van der Waals surface area contributed by atoms with Gasteiger partial charge in [-0.25, -0.2) is 8.42 Å². The standard InChI is InChI=1S/C13H17NO2S/c1-9(2)14-8-11-7-12-10(3)5-4-6-13(12)17(11,15)16/h4-7,9,14H,8H2,1-3H3. The van der Waals surface area contributed by atoms with Gasteiger partial charge in [-0.15, -0.1) is 0 Å². The van der Waals surface area contributed by atoms with E-state index in [-0.39, 0.29) is 6.04 Å². The number of aryl methyl sites for hydroxylation is 1. The van der Waals surface area contributed by atoms with Crippen molar-refractivity contribution in [2.24, 2.45) is 0 Å². The number of hydrogen-bond donors (Lipinski definition) is 1. The van der Waals surface area contributed by atoms with E-state index in [0.29, 0.717) is 16.3 Å². The number of rotatable bonds is 3. The van der Waals surface area contributed by atoms with Crippen molar-refractivity contribution in [1.82, 2.24) is 5.32 Å². The third-order valence-corrected chi connectivity index (χ3v) is 4.80. The lowest BCUT2D eigenvalue weighted by Crippen LogP contribution is -2.26. The second-order valence-corrected chi connectivity index (χ2v) is 6.61. The molecule has 1 aliphatic heterocycles. The van der Waals surface area contributed by atoms with Crippen LogP contribution in [0.15, 0.2) is 28.0 Å². The van der Waals surface area contributed by atoms with Gasteiger partial charge in [-0.1, -0.05) is 26.0 Å². The Bertz CT molecular complexity index is 571. The molecule has 0 amide bonds. The molecule has 0 aromatic heterocycles. The third-order valence-electron chi connectivity index (χ3n) is 2.91. The van der Waals surface area contributed by atoms with Crippen molar-refractivity contribution >= 4 is 15.9 Å². The molecule has 0 saturated carbocycles. The van der Waals surface area contributed by atoms with E-state index in [1.54, 1.807) is 18.2 Å². The predicted octanol–water partition coefficient (Wildman–Crippen LogP) is 2.12. The molecule has 1 aliphatic rings. The summed E-state index contributed by atoms with van der Waals surface area (Å²) in [5, 5.41) is 3.15. The van der Waals surface area contributed by atoms with Crippen LogP contribution in [0.3, 0.4) is 0 Å². The molecule has 2 rings (SSSR count). The second-order valence-electron chi connectivity index (χ2n) is 4.64. The highest BCUT2D eigenvalue weighted by Gasteiger charge is 2.29. The number of fused-ring (bicyclic) bond motifs is 1. The van der Waals surface area contributed by atoms with Gasteiger partial charge in [0.2, 0.25) is 9.84 Å². The number of sulfone groups is 1. The van der Waals surface area contributed by atoms with E-state index >= 15 is 0 Å². The Kier molecular flexibility index (Phi) is 3.10. The smallest absolute Gasteiger partial charge is 0.204 e. The highest BCUT2D eigenvalue weighted by atomic mass is 32.2. The summed E-state index contributed by atoms with van der Waals surface area (Å²) < 4.78 is 24.5. The molecule has 92 valence electrons. The van der Waals surface area contributed by atoms with Crippen molar-refractivity contribution in [3.05, 3.63) is 34.2 Å². The molecule has 1 aromatic rings. The first-order valence-electron chi connectivity index (χ1n) is 5.71. The van der Waals surface area contributed by atoms with E-state index in [2.05, 4.69) is 5.32 Å². The molecule has 0 unspecified atom stereocenters. The highest BCUT2D eigenvalue weighted by Crippen LogP contribution is 2.34. The van der Waals surface area contributed by atoms with Crippen LogP contribution in [0.25, 0.3) is 6.08 Å². The maximum absolute atomic E-state index is 12.2. The SMILES string of the molecule is Cc1cccc2c1C=C(CNC(C)C)S2(=O)=O. The Balaban J connectivity index is 2.40. The Labute approximate surface area is 102 Å². The van der Waals surface area contributed by atoms with Crippen LogP contribution in [-0.4, -0.2) is 21.0 Å². The molecule has 0 atom stereocenters. The van der Waals surface area contributed by atoms with Crippen LogP contribution in [0, 0.1) is 6.92 Å². The minimum absolute atomic E-state index is 0.274. The summed E-state index contributed by atoms with van der Waals surface area (Å²) in [5.41, 5.74) is 1.85. The van der Waals surface area contributed by atoms with E-state index < -0.39 is 9.84 Å². The van der Waals surface area contributed by atoms with Gasteiger partial charge in [-0.05, 0) is 30.2 Å². The first kappa shape index (κ1) is 12.3. The Morgan fingerprint density at radius 2 is 2.00 bits per heavy atom. The van der Waals surface area contributed by atoms with Gasteiger partial charge < -0.3 is 5.32 Å². The molecular formula is C13H17NO2S. The summed E-state index contributed by atoms with van der Waals surface area (Å²) in [6, 6.07) is 5.68. The maximum Gasteiger partial charge on any atom is 0.204 e. The number of benzene rings is 1. The van der Waals surface area contributed by atoms with Crippen LogP contribution in [0.5, 0.6) is 0 Å². The van der Waals surface area contributed by atoms with Gasteiger partial charge in [-0.3, -0.25) is 0 Å². The molecule has 3 nitrogen and oxygen atoms in total. The Morgan fingerprint density at radius 3 is 2.59 bits per heavy atom. The molecule has 1 heterocycles. The van der Waals surface area contributed by atoms with Gasteiger partial charge in [0.25, 0.3) is 0 Å². The molecule has 4 heteroatoms. The minimum Gasteiger partial charge on any atom is -0.310 e. The van der Waals surface area contributed by atoms with Crippen molar-refractivity contribution < 1.29 is 8.42 Å². The van der Waals surface area contributed by atoms with Crippen LogP contribution in [0.1, 0.15) is 25.0 Å². The van der Waals surface area contributed by atoms with Crippen molar-refractivity contribution in [3.8, 4) is 0 Å². The Morgan fingerprint density at radius 1 is 1.29 bits per heavy atom. The average Bonchev–Trinajstić information content (AvgIpc) is 2.50. The van der Waals surface area contributed by atoms with E-state index in [4.69, 9.17) is 0 Å². The molecule has 0 aliphatic carbocycles. The zero-order chi connectivity index (χ0) is 12.6. The lowest BCUT2D eigenvalue weighted by molar-refractivity contribution is 0.593. The van der Waals surface area contributed by atoms with Crippen LogP contribution >= 0.6 is 0 Å². The van der Waals surface area contributed by atoms with Crippen molar-refractivity contribution in [1.29, 1.82) is 0 Å². The fourth-order valence-corrected chi connectivity index (χ4v) is 3.50. The van der Waals surface area contributed by atoms with Gasteiger partial charge in [0.05, 0.1) is 9.80 Å². The average molecular weight is 251 g/mol. The van der Waals surface area contributed by atoms with Crippen LogP contribution in [-0.2, 0) is 9.84 Å². The quantitative estimate of drug-likeness (QED) is 0.895. The van der Waals surface area contributed by atoms with Gasteiger partial charge in [0, 0.05) is 12.6 Å². The number of hydrogen-bond acceptors (Lipinski definition) is 3. The summed E-state index contributed by atoms with van der Waals surface area (Å²) in [6.07, 6.45) is 1.79. The van der Waals surface area contributed by atoms with Gasteiger partial charge in [0.1, 0.15) is 0 Å². The monoisotopic (exact) mass is 251 g/mol. The predicted molar refractivity (Wildman–Crippen MR) is 69.5 cm³/mol. The molecule has 0 spiro atoms. The van der Waals surface area contributed by atoms with E-state index in [0.717, 1.165) is 11.1 Å². The van der Waals surface area contributed by atoms with Crippen LogP contribution in [0.4, 0.5) is 0 Å². The fraction of sp³-hybridized carbons (Fsp3) is 0.385.